The van der Waals surface area contributed by atoms with Crippen LogP contribution in [0.5, 0.6) is 0 Å². The average Bonchev–Trinajstić information content (AvgIpc) is 2.60. The van der Waals surface area contributed by atoms with E-state index in [4.69, 9.17) is 15.9 Å². The van der Waals surface area contributed by atoms with Crippen molar-refractivity contribution in [3.05, 3.63) is 59.7 Å². The van der Waals surface area contributed by atoms with Crippen LogP contribution < -0.4 is 11.1 Å². The molecule has 1 amide bonds. The number of nitrogens with two attached hydrogens (primary N) is 1. The number of aliphatic hydroxyl groups excluding tert-OH is 1. The summed E-state index contributed by atoms with van der Waals surface area (Å²) in [6.07, 6.45) is 0.277. The molecule has 0 fully saturated rings. The van der Waals surface area contributed by atoms with E-state index in [-0.39, 0.29) is 25.5 Å². The van der Waals surface area contributed by atoms with Crippen LogP contribution in [0.4, 0.5) is 0 Å². The van der Waals surface area contributed by atoms with Crippen LogP contribution in [-0.4, -0.2) is 41.3 Å². The summed E-state index contributed by atoms with van der Waals surface area (Å²) in [6, 6.07) is 13.7. The normalized spacial score (nSPS) is 11.8. The zero-order chi connectivity index (χ0) is 17.5. The van der Waals surface area contributed by atoms with Crippen LogP contribution in [-0.2, 0) is 11.2 Å². The van der Waals surface area contributed by atoms with Gasteiger partial charge in [0.25, 0.3) is 5.91 Å². The van der Waals surface area contributed by atoms with E-state index in [1.165, 1.54) is 0 Å². The maximum atomic E-state index is 11.8. The van der Waals surface area contributed by atoms with E-state index in [0.717, 1.165) is 16.7 Å². The lowest BCUT2D eigenvalue weighted by Crippen LogP contribution is -2.32. The van der Waals surface area contributed by atoms with Gasteiger partial charge in [0.2, 0.25) is 0 Å². The van der Waals surface area contributed by atoms with Gasteiger partial charge in [0.05, 0.1) is 6.61 Å². The first-order valence-electron chi connectivity index (χ1n) is 7.58. The first-order chi connectivity index (χ1) is 11.5. The highest BCUT2D eigenvalue weighted by molar-refractivity contribution is 5.94. The number of nitrogens with one attached hydrogen (secondary N) is 1. The highest BCUT2D eigenvalue weighted by Crippen LogP contribution is 2.21. The standard InChI is InChI=1S/C18H20N2O4/c19-16(18(23)24)11-12-1-3-13(4-2-12)14-5-7-15(8-6-14)17(22)20-9-10-21/h1-8,16,21H,9-11,19H2,(H,20,22)(H,23,24)/t16-/m0/s1. The molecule has 0 radical (unpaired) electrons. The molecule has 5 N–H and O–H groups in total. The van der Waals surface area contributed by atoms with Crippen molar-refractivity contribution in [2.45, 2.75) is 12.5 Å². The molecule has 0 saturated heterocycles. The predicted octanol–water partition coefficient (Wildman–Crippen LogP) is 1.03. The van der Waals surface area contributed by atoms with E-state index in [0.29, 0.717) is 5.56 Å². The first kappa shape index (κ1) is 17.7. The molecule has 0 heterocycles. The SMILES string of the molecule is N[C@@H](Cc1ccc(-c2ccc(C(=O)NCCO)cc2)cc1)C(=O)O. The van der Waals surface area contributed by atoms with Gasteiger partial charge in [-0.2, -0.15) is 0 Å². The van der Waals surface area contributed by atoms with Gasteiger partial charge in [-0.1, -0.05) is 36.4 Å². The van der Waals surface area contributed by atoms with Crippen molar-refractivity contribution in [2.24, 2.45) is 5.73 Å². The van der Waals surface area contributed by atoms with E-state index in [1.54, 1.807) is 12.1 Å². The summed E-state index contributed by atoms with van der Waals surface area (Å²) < 4.78 is 0. The minimum Gasteiger partial charge on any atom is -0.480 e. The Kier molecular flexibility index (Phi) is 6.06. The fourth-order valence-electron chi connectivity index (χ4n) is 2.26. The smallest absolute Gasteiger partial charge is 0.320 e. The van der Waals surface area contributed by atoms with Crippen molar-refractivity contribution in [3.8, 4) is 11.1 Å². The largest absolute Gasteiger partial charge is 0.480 e. The second kappa shape index (κ2) is 8.24. The number of rotatable bonds is 7. The molecule has 126 valence electrons. The molecule has 0 saturated carbocycles. The quantitative estimate of drug-likeness (QED) is 0.606. The Labute approximate surface area is 139 Å². The van der Waals surface area contributed by atoms with E-state index in [2.05, 4.69) is 5.32 Å². The molecule has 2 aromatic carbocycles. The number of hydrogen-bond donors (Lipinski definition) is 4. The van der Waals surface area contributed by atoms with Crippen molar-refractivity contribution >= 4 is 11.9 Å². The Bertz CT molecular complexity index is 696. The predicted molar refractivity (Wildman–Crippen MR) is 90.6 cm³/mol. The summed E-state index contributed by atoms with van der Waals surface area (Å²) in [4.78, 5) is 22.5. The number of carboxylic acids is 1. The fraction of sp³-hybridized carbons (Fsp3) is 0.222. The Morgan fingerprint density at radius 2 is 1.54 bits per heavy atom. The molecule has 0 bridgehead atoms. The van der Waals surface area contributed by atoms with Gasteiger partial charge >= 0.3 is 5.97 Å². The molecular weight excluding hydrogens is 308 g/mol. The molecular formula is C18H20N2O4. The van der Waals surface area contributed by atoms with E-state index in [1.807, 2.05) is 36.4 Å². The van der Waals surface area contributed by atoms with Crippen LogP contribution in [0, 0.1) is 0 Å². The molecule has 0 spiro atoms. The van der Waals surface area contributed by atoms with Crippen molar-refractivity contribution in [1.82, 2.24) is 5.32 Å². The summed E-state index contributed by atoms with van der Waals surface area (Å²) >= 11 is 0. The molecule has 0 aliphatic rings. The van der Waals surface area contributed by atoms with Crippen LogP contribution in [0.2, 0.25) is 0 Å². The highest BCUT2D eigenvalue weighted by atomic mass is 16.4. The van der Waals surface area contributed by atoms with Crippen LogP contribution in [0.1, 0.15) is 15.9 Å². The molecule has 1 atom stereocenters. The lowest BCUT2D eigenvalue weighted by Gasteiger charge is -2.08. The van der Waals surface area contributed by atoms with Gasteiger partial charge < -0.3 is 21.3 Å². The van der Waals surface area contributed by atoms with Crippen LogP contribution >= 0.6 is 0 Å². The molecule has 0 aliphatic heterocycles. The number of benzene rings is 2. The lowest BCUT2D eigenvalue weighted by atomic mass is 10.00. The molecule has 6 nitrogen and oxygen atoms in total. The zero-order valence-electron chi connectivity index (χ0n) is 13.1. The third-order valence-corrected chi connectivity index (χ3v) is 3.60. The second-order valence-electron chi connectivity index (χ2n) is 5.40. The van der Waals surface area contributed by atoms with Gasteiger partial charge in [-0.15, -0.1) is 0 Å². The average molecular weight is 328 g/mol. The number of carboxylic acid groups (broad SMARTS) is 1. The van der Waals surface area contributed by atoms with Crippen LogP contribution in [0.25, 0.3) is 11.1 Å². The molecule has 2 aromatic rings. The van der Waals surface area contributed by atoms with Gasteiger partial charge in [-0.25, -0.2) is 0 Å². The molecule has 0 aliphatic carbocycles. The third kappa shape index (κ3) is 4.65. The second-order valence-corrected chi connectivity index (χ2v) is 5.40. The van der Waals surface area contributed by atoms with Crippen molar-refractivity contribution < 1.29 is 19.8 Å². The van der Waals surface area contributed by atoms with Crippen molar-refractivity contribution in [1.29, 1.82) is 0 Å². The number of aliphatic hydroxyl groups is 1. The summed E-state index contributed by atoms with van der Waals surface area (Å²) in [7, 11) is 0. The molecule has 2 rings (SSSR count). The third-order valence-electron chi connectivity index (χ3n) is 3.60. The van der Waals surface area contributed by atoms with Gasteiger partial charge in [-0.3, -0.25) is 9.59 Å². The molecule has 6 heteroatoms. The number of hydrogen-bond acceptors (Lipinski definition) is 4. The number of carbonyl (C=O) groups is 2. The van der Waals surface area contributed by atoms with Gasteiger partial charge in [0, 0.05) is 12.1 Å². The monoisotopic (exact) mass is 328 g/mol. The number of amides is 1. The van der Waals surface area contributed by atoms with E-state index >= 15 is 0 Å². The minimum absolute atomic E-state index is 0.0955. The Morgan fingerprint density at radius 3 is 2.04 bits per heavy atom. The van der Waals surface area contributed by atoms with Crippen molar-refractivity contribution in [2.75, 3.05) is 13.2 Å². The minimum atomic E-state index is -1.02. The highest BCUT2D eigenvalue weighted by Gasteiger charge is 2.12. The van der Waals surface area contributed by atoms with Crippen molar-refractivity contribution in [3.63, 3.8) is 0 Å². The summed E-state index contributed by atoms with van der Waals surface area (Å²) in [5, 5.41) is 20.1. The number of aliphatic carboxylic acids is 1. The maximum absolute atomic E-state index is 11.8. The first-order valence-corrected chi connectivity index (χ1v) is 7.58. The number of carbonyl (C=O) groups excluding carboxylic acids is 1. The molecule has 0 unspecified atom stereocenters. The van der Waals surface area contributed by atoms with E-state index in [9.17, 15) is 9.59 Å². The van der Waals surface area contributed by atoms with Crippen LogP contribution in [0.3, 0.4) is 0 Å². The van der Waals surface area contributed by atoms with Crippen LogP contribution in [0.15, 0.2) is 48.5 Å². The summed E-state index contributed by atoms with van der Waals surface area (Å²) in [5.41, 5.74) is 8.81. The van der Waals surface area contributed by atoms with Gasteiger partial charge in [0.1, 0.15) is 6.04 Å². The maximum Gasteiger partial charge on any atom is 0.320 e. The summed E-state index contributed by atoms with van der Waals surface area (Å²) in [6.45, 7) is 0.127. The summed E-state index contributed by atoms with van der Waals surface area (Å²) in [5.74, 6) is -1.25. The topological polar surface area (TPSA) is 113 Å². The van der Waals surface area contributed by atoms with Gasteiger partial charge in [0.15, 0.2) is 0 Å². The zero-order valence-corrected chi connectivity index (χ0v) is 13.1. The Morgan fingerprint density at radius 1 is 1.00 bits per heavy atom. The van der Waals surface area contributed by atoms with E-state index < -0.39 is 12.0 Å². The lowest BCUT2D eigenvalue weighted by molar-refractivity contribution is -0.138. The Hall–Kier alpha value is -2.70. The van der Waals surface area contributed by atoms with Gasteiger partial charge in [-0.05, 0) is 35.2 Å². The fourth-order valence-corrected chi connectivity index (χ4v) is 2.26. The Balaban J connectivity index is 2.06. The molecule has 0 aromatic heterocycles. The molecule has 24 heavy (non-hydrogen) atoms.